The maximum Gasteiger partial charge on any atom is 0.411 e. The number of carbonyl (C=O) groups excluding carboxylic acids is 9. The lowest BCUT2D eigenvalue weighted by Crippen LogP contribution is -2.55. The van der Waals surface area contributed by atoms with Crippen molar-refractivity contribution < 1.29 is 92.0 Å². The molecule has 7 N–H and O–H groups in total. The van der Waals surface area contributed by atoms with Gasteiger partial charge in [-0.1, -0.05) is 44.5 Å². The van der Waals surface area contributed by atoms with E-state index in [2.05, 4.69) is 20.9 Å². The number of methoxy groups -OCH3 is 1. The molecule has 82 heavy (non-hydrogen) atoms. The number of aliphatic hydroxyl groups excluding tert-OH is 1. The number of aromatic hydroxyl groups is 2. The molecule has 3 aromatic rings. The number of unbranched alkanes of at least 4 members (excludes halogenated alkanes) is 2. The van der Waals surface area contributed by atoms with E-state index in [-0.39, 0.29) is 89.9 Å². The van der Waals surface area contributed by atoms with Gasteiger partial charge in [0.05, 0.1) is 41.2 Å². The molecule has 2 aliphatic carbocycles. The van der Waals surface area contributed by atoms with E-state index in [4.69, 9.17) is 28.4 Å². The van der Waals surface area contributed by atoms with Gasteiger partial charge in [0.25, 0.3) is 11.8 Å². The summed E-state index contributed by atoms with van der Waals surface area (Å²) in [6.07, 6.45) is -2.39. The van der Waals surface area contributed by atoms with Crippen LogP contribution in [0.4, 0.5) is 16.2 Å². The monoisotopic (exact) mass is 1140 g/mol. The Morgan fingerprint density at radius 3 is 2.28 bits per heavy atom. The molecule has 5 amide bonds. The van der Waals surface area contributed by atoms with Gasteiger partial charge in [0, 0.05) is 98.8 Å². The van der Waals surface area contributed by atoms with Crippen LogP contribution < -0.4 is 16.0 Å². The molecule has 24 heteroatoms. The standard InChI is InChI=1S/C58H67N5O19/c1-28(2)35(22-33(65)10-7-6-8-19-63-41(67)17-18-42(63)68)54(74)59-29(3)53(73)60-32-15-13-31(14-16-32)27-79-57(75)61-37-12-9-11-34-44(37)50(71)47-46(48(34)69)49(70)36-24-58(76,40(66)26-64)25-39(45(36)51(47)72)81-43-23-38-52(30(4)80-43)82-55-56(77-5)78-21-20-62(38)55/h9,11-18,28-30,35,38-39,43,52,55-56,64,70,72,76H,6-8,10,19-27H2,1-5H3,(H,59,74)(H,60,73)(H,61,75)/t29-,30-,35-,38-,39-,43?,52+,55+,56-,58-/m0/s1. The number of fused-ring (bicyclic) bond motifs is 6. The van der Waals surface area contributed by atoms with Crippen LogP contribution in [-0.4, -0.2) is 165 Å². The predicted octanol–water partition coefficient (Wildman–Crippen LogP) is 3.61. The Labute approximate surface area is 471 Å². The van der Waals surface area contributed by atoms with E-state index in [0.29, 0.717) is 43.7 Å². The van der Waals surface area contributed by atoms with Gasteiger partial charge >= 0.3 is 6.09 Å². The number of ketones is 4. The molecule has 3 aromatic carbocycles. The number of amides is 5. The topological polar surface area (TPSA) is 332 Å². The number of nitrogens with one attached hydrogen (secondary N) is 3. The minimum atomic E-state index is -2.35. The molecule has 3 fully saturated rings. The van der Waals surface area contributed by atoms with Crippen molar-refractivity contribution in [1.82, 2.24) is 15.1 Å². The first kappa shape index (κ1) is 59.3. The molecule has 6 aliphatic rings. The number of anilines is 2. The van der Waals surface area contributed by atoms with Crippen LogP contribution in [0.15, 0.2) is 54.6 Å². The average Bonchev–Trinajstić information content (AvgIpc) is 2.19. The zero-order chi connectivity index (χ0) is 58.9. The molecule has 0 bridgehead atoms. The molecular weight excluding hydrogens is 1070 g/mol. The highest BCUT2D eigenvalue weighted by Crippen LogP contribution is 2.53. The predicted molar refractivity (Wildman–Crippen MR) is 286 cm³/mol. The van der Waals surface area contributed by atoms with Crippen LogP contribution in [0.1, 0.15) is 127 Å². The lowest BCUT2D eigenvalue weighted by atomic mass is 9.71. The van der Waals surface area contributed by atoms with Gasteiger partial charge in [-0.2, -0.15) is 0 Å². The number of morpholine rings is 1. The van der Waals surface area contributed by atoms with Gasteiger partial charge in [-0.05, 0) is 56.4 Å². The van der Waals surface area contributed by atoms with Gasteiger partial charge in [-0.3, -0.25) is 53.5 Å². The van der Waals surface area contributed by atoms with Crippen molar-refractivity contribution in [3.05, 3.63) is 93.6 Å². The number of hydrogen-bond donors (Lipinski definition) is 7. The first-order valence-electron chi connectivity index (χ1n) is 27.4. The van der Waals surface area contributed by atoms with E-state index in [1.807, 2.05) is 13.8 Å². The maximum absolute atomic E-state index is 14.7. The van der Waals surface area contributed by atoms with E-state index < -0.39 is 132 Å². The molecule has 4 aliphatic heterocycles. The fourth-order valence-corrected chi connectivity index (χ4v) is 11.7. The average molecular weight is 1140 g/mol. The number of carbonyl (C=O) groups is 9. The van der Waals surface area contributed by atoms with Crippen molar-refractivity contribution >= 4 is 64.2 Å². The van der Waals surface area contributed by atoms with Gasteiger partial charge in [0.15, 0.2) is 36.2 Å². The number of hydrogen-bond acceptors (Lipinski definition) is 20. The summed E-state index contributed by atoms with van der Waals surface area (Å²) < 4.78 is 35.8. The molecule has 9 rings (SSSR count). The third-order valence-electron chi connectivity index (χ3n) is 16.1. The summed E-state index contributed by atoms with van der Waals surface area (Å²) in [6, 6.07) is 9.00. The fourth-order valence-electron chi connectivity index (χ4n) is 11.7. The van der Waals surface area contributed by atoms with Gasteiger partial charge in [0.2, 0.25) is 11.8 Å². The quantitative estimate of drug-likeness (QED) is 0.0356. The molecule has 438 valence electrons. The highest BCUT2D eigenvalue weighted by atomic mass is 16.7. The zero-order valence-corrected chi connectivity index (χ0v) is 46.0. The Morgan fingerprint density at radius 2 is 1.59 bits per heavy atom. The normalized spacial score (nSPS) is 25.4. The van der Waals surface area contributed by atoms with E-state index in [9.17, 15) is 63.6 Å². The molecule has 24 nitrogen and oxygen atoms in total. The smallest absolute Gasteiger partial charge is 0.411 e. The highest BCUT2D eigenvalue weighted by Gasteiger charge is 2.55. The third-order valence-corrected chi connectivity index (χ3v) is 16.1. The second-order valence-corrected chi connectivity index (χ2v) is 21.8. The van der Waals surface area contributed by atoms with Crippen molar-refractivity contribution in [3.8, 4) is 11.5 Å². The zero-order valence-electron chi connectivity index (χ0n) is 46.0. The second kappa shape index (κ2) is 24.7. The third kappa shape index (κ3) is 12.0. The van der Waals surface area contributed by atoms with Gasteiger partial charge in [-0.15, -0.1) is 0 Å². The number of rotatable bonds is 21. The van der Waals surface area contributed by atoms with Gasteiger partial charge in [0.1, 0.15) is 48.2 Å². The molecule has 0 saturated carbocycles. The van der Waals surface area contributed by atoms with Crippen molar-refractivity contribution in [1.29, 1.82) is 0 Å². The lowest BCUT2D eigenvalue weighted by molar-refractivity contribution is -0.256. The summed E-state index contributed by atoms with van der Waals surface area (Å²) in [5, 5.41) is 53.8. The summed E-state index contributed by atoms with van der Waals surface area (Å²) in [4.78, 5) is 122. The van der Waals surface area contributed by atoms with Crippen molar-refractivity contribution in [2.45, 2.75) is 140 Å². The number of ether oxygens (including phenoxy) is 6. The van der Waals surface area contributed by atoms with Crippen LogP contribution >= 0.6 is 0 Å². The van der Waals surface area contributed by atoms with Gasteiger partial charge < -0.3 is 59.5 Å². The number of phenols is 2. The molecule has 0 aromatic heterocycles. The number of Topliss-reactive ketones (excluding diaryl/α,β-unsaturated/α-hetero) is 2. The van der Waals surface area contributed by atoms with Crippen LogP contribution in [-0.2, 0) is 70.2 Å². The summed E-state index contributed by atoms with van der Waals surface area (Å²) in [5.74, 6) is -7.19. The van der Waals surface area contributed by atoms with Crippen LogP contribution in [0, 0.1) is 11.8 Å². The molecule has 4 heterocycles. The number of nitrogens with zero attached hydrogens (tertiary/aromatic N) is 2. The van der Waals surface area contributed by atoms with E-state index in [0.717, 1.165) is 4.90 Å². The summed E-state index contributed by atoms with van der Waals surface area (Å²) in [5.41, 5.74) is -3.94. The Morgan fingerprint density at radius 1 is 0.866 bits per heavy atom. The second-order valence-electron chi connectivity index (χ2n) is 21.8. The summed E-state index contributed by atoms with van der Waals surface area (Å²) >= 11 is 0. The SMILES string of the molecule is CO[C@H]1OCCN2[C@@H]1O[C@@H]1[C@H](C)OC(O[C@H]3C[C@](O)(C(=O)CO)Cc4c(O)c5c(c(O)c43)C(=O)c3c(NC(=O)OCc4ccc(NC(=O)[C@H](C)NC(=O)[C@@H](CC(=O)CCCCCN6C(=O)C=CC6=O)C(C)C)cc4)cccc3C5=O)C[C@@H]12. The highest BCUT2D eigenvalue weighted by molar-refractivity contribution is 6.32. The molecule has 1 unspecified atom stereocenters. The summed E-state index contributed by atoms with van der Waals surface area (Å²) in [6.45, 7) is 6.67. The fraction of sp³-hybridized carbons (Fsp3) is 0.500. The van der Waals surface area contributed by atoms with E-state index >= 15 is 0 Å². The Hall–Kier alpha value is -7.29. The van der Waals surface area contributed by atoms with Crippen LogP contribution in [0.3, 0.4) is 0 Å². The van der Waals surface area contributed by atoms with Crippen LogP contribution in [0.2, 0.25) is 0 Å². The Balaban J connectivity index is 0.818. The maximum atomic E-state index is 14.7. The first-order chi connectivity index (χ1) is 39.1. The Bertz CT molecular complexity index is 3070. The minimum Gasteiger partial charge on any atom is -0.507 e. The van der Waals surface area contributed by atoms with Crippen molar-refractivity contribution in [3.63, 3.8) is 0 Å². The van der Waals surface area contributed by atoms with Crippen molar-refractivity contribution in [2.24, 2.45) is 11.8 Å². The molecule has 3 saturated heterocycles. The van der Waals surface area contributed by atoms with Crippen LogP contribution in [0.25, 0.3) is 0 Å². The lowest BCUT2D eigenvalue weighted by Gasteiger charge is -2.43. The van der Waals surface area contributed by atoms with E-state index in [1.54, 1.807) is 31.2 Å². The number of benzene rings is 3. The first-order valence-corrected chi connectivity index (χ1v) is 27.4. The molecule has 0 radical (unpaired) electrons. The largest absolute Gasteiger partial charge is 0.507 e. The number of phenolic OH excluding ortho intramolecular Hbond substituents is 2. The molecular formula is C58H67N5O19. The Kier molecular flexibility index (Phi) is 17.8. The number of aliphatic hydroxyl groups is 2. The summed E-state index contributed by atoms with van der Waals surface area (Å²) in [7, 11) is 1.51. The minimum absolute atomic E-state index is 0.0179. The molecule has 10 atom stereocenters. The van der Waals surface area contributed by atoms with Crippen molar-refractivity contribution in [2.75, 3.05) is 44.0 Å². The van der Waals surface area contributed by atoms with Crippen LogP contribution in [0.5, 0.6) is 11.5 Å². The molecule has 0 spiro atoms. The van der Waals surface area contributed by atoms with E-state index in [1.165, 1.54) is 44.4 Å². The van der Waals surface area contributed by atoms with Gasteiger partial charge in [-0.25, -0.2) is 4.79 Å². The number of imide groups is 1.